The highest BCUT2D eigenvalue weighted by Gasteiger charge is 2.09. The Morgan fingerprint density at radius 2 is 2.12 bits per heavy atom. The second-order valence-electron chi connectivity index (χ2n) is 5.47. The predicted molar refractivity (Wildman–Crippen MR) is 92.7 cm³/mol. The SMILES string of the molecule is CCn1ccc(Nc2ncnc3ccc(O[C@@H](C)COC)cc23)n1. The maximum Gasteiger partial charge on any atom is 0.153 e. The first kappa shape index (κ1) is 16.2. The largest absolute Gasteiger partial charge is 0.488 e. The summed E-state index contributed by atoms with van der Waals surface area (Å²) in [4.78, 5) is 8.65. The summed E-state index contributed by atoms with van der Waals surface area (Å²) in [6.45, 7) is 5.36. The van der Waals surface area contributed by atoms with E-state index in [9.17, 15) is 0 Å². The summed E-state index contributed by atoms with van der Waals surface area (Å²) < 4.78 is 12.8. The quantitative estimate of drug-likeness (QED) is 0.719. The molecule has 0 aliphatic heterocycles. The van der Waals surface area contributed by atoms with Gasteiger partial charge in [0.2, 0.25) is 0 Å². The molecule has 2 heterocycles. The van der Waals surface area contributed by atoms with Gasteiger partial charge < -0.3 is 14.8 Å². The van der Waals surface area contributed by atoms with Crippen LogP contribution in [-0.4, -0.2) is 39.6 Å². The van der Waals surface area contributed by atoms with Crippen molar-refractivity contribution >= 4 is 22.5 Å². The molecule has 0 aliphatic carbocycles. The van der Waals surface area contributed by atoms with Gasteiger partial charge in [0.05, 0.1) is 12.1 Å². The third-order valence-corrected chi connectivity index (χ3v) is 3.56. The van der Waals surface area contributed by atoms with Gasteiger partial charge in [-0.2, -0.15) is 5.10 Å². The average Bonchev–Trinajstić information content (AvgIpc) is 3.03. The lowest BCUT2D eigenvalue weighted by atomic mass is 10.2. The lowest BCUT2D eigenvalue weighted by Crippen LogP contribution is -2.17. The van der Waals surface area contributed by atoms with E-state index in [2.05, 4.69) is 20.4 Å². The van der Waals surface area contributed by atoms with Crippen LogP contribution in [0.5, 0.6) is 5.75 Å². The van der Waals surface area contributed by atoms with E-state index in [0.717, 1.165) is 29.0 Å². The Kier molecular flexibility index (Phi) is 4.90. The van der Waals surface area contributed by atoms with Gasteiger partial charge in [0, 0.05) is 31.3 Å². The summed E-state index contributed by atoms with van der Waals surface area (Å²) in [7, 11) is 1.66. The monoisotopic (exact) mass is 327 g/mol. The first-order valence-electron chi connectivity index (χ1n) is 7.90. The number of aromatic nitrogens is 4. The van der Waals surface area contributed by atoms with Gasteiger partial charge in [-0.25, -0.2) is 9.97 Å². The van der Waals surface area contributed by atoms with E-state index in [1.54, 1.807) is 7.11 Å². The zero-order chi connectivity index (χ0) is 16.9. The van der Waals surface area contributed by atoms with E-state index >= 15 is 0 Å². The van der Waals surface area contributed by atoms with E-state index in [0.29, 0.717) is 12.4 Å². The molecule has 0 aliphatic rings. The molecule has 0 spiro atoms. The average molecular weight is 327 g/mol. The molecule has 2 aromatic heterocycles. The van der Waals surface area contributed by atoms with Crippen molar-refractivity contribution in [1.82, 2.24) is 19.7 Å². The fourth-order valence-corrected chi connectivity index (χ4v) is 2.44. The van der Waals surface area contributed by atoms with E-state index in [4.69, 9.17) is 9.47 Å². The summed E-state index contributed by atoms with van der Waals surface area (Å²) in [6.07, 6.45) is 3.43. The van der Waals surface area contributed by atoms with Crippen LogP contribution in [0.3, 0.4) is 0 Å². The number of hydrogen-bond donors (Lipinski definition) is 1. The van der Waals surface area contributed by atoms with Crippen LogP contribution in [0.1, 0.15) is 13.8 Å². The highest BCUT2D eigenvalue weighted by Crippen LogP contribution is 2.26. The Hall–Kier alpha value is -2.67. The number of anilines is 2. The fraction of sp³-hybridized carbons (Fsp3) is 0.353. The zero-order valence-electron chi connectivity index (χ0n) is 14.1. The molecule has 1 N–H and O–H groups in total. The Balaban J connectivity index is 1.89. The molecule has 3 rings (SSSR count). The molecule has 24 heavy (non-hydrogen) atoms. The molecular formula is C17H21N5O2. The standard InChI is InChI=1S/C17H21N5O2/c1-4-22-8-7-16(21-22)20-17-14-9-13(24-12(2)10-23-3)5-6-15(14)18-11-19-17/h5-9,11-12H,4,10H2,1-3H3,(H,18,19,20,21)/t12-/m0/s1. The number of nitrogens with zero attached hydrogens (tertiary/aromatic N) is 4. The topological polar surface area (TPSA) is 74.1 Å². The minimum atomic E-state index is -0.0336. The van der Waals surface area contributed by atoms with Crippen molar-refractivity contribution in [3.63, 3.8) is 0 Å². The van der Waals surface area contributed by atoms with Gasteiger partial charge in [-0.05, 0) is 32.0 Å². The van der Waals surface area contributed by atoms with Crippen molar-refractivity contribution in [2.24, 2.45) is 0 Å². The molecule has 1 aromatic carbocycles. The molecule has 0 radical (unpaired) electrons. The summed E-state index contributed by atoms with van der Waals surface area (Å²) >= 11 is 0. The molecule has 0 fully saturated rings. The normalized spacial score (nSPS) is 12.3. The Bertz CT molecular complexity index is 818. The van der Waals surface area contributed by atoms with Crippen LogP contribution >= 0.6 is 0 Å². The Morgan fingerprint density at radius 3 is 2.88 bits per heavy atom. The molecule has 126 valence electrons. The summed E-state index contributed by atoms with van der Waals surface area (Å²) in [5.41, 5.74) is 0.842. The van der Waals surface area contributed by atoms with E-state index in [-0.39, 0.29) is 6.10 Å². The molecule has 1 atom stereocenters. The third kappa shape index (κ3) is 3.62. The van der Waals surface area contributed by atoms with Gasteiger partial charge in [0.25, 0.3) is 0 Å². The highest BCUT2D eigenvalue weighted by atomic mass is 16.5. The molecule has 3 aromatic rings. The van der Waals surface area contributed by atoms with E-state index in [1.807, 2.05) is 49.0 Å². The molecule has 7 nitrogen and oxygen atoms in total. The molecule has 7 heteroatoms. The van der Waals surface area contributed by atoms with Crippen LogP contribution in [0, 0.1) is 0 Å². The van der Waals surface area contributed by atoms with Crippen LogP contribution in [0.2, 0.25) is 0 Å². The first-order chi connectivity index (χ1) is 11.7. The van der Waals surface area contributed by atoms with Crippen molar-refractivity contribution < 1.29 is 9.47 Å². The van der Waals surface area contributed by atoms with Gasteiger partial charge in [0.1, 0.15) is 24.0 Å². The Morgan fingerprint density at radius 1 is 1.25 bits per heavy atom. The smallest absolute Gasteiger partial charge is 0.153 e. The minimum absolute atomic E-state index is 0.0336. The Labute approximate surface area is 140 Å². The lowest BCUT2D eigenvalue weighted by molar-refractivity contribution is 0.0922. The second kappa shape index (κ2) is 7.27. The number of methoxy groups -OCH3 is 1. The number of rotatable bonds is 7. The third-order valence-electron chi connectivity index (χ3n) is 3.56. The van der Waals surface area contributed by atoms with Crippen molar-refractivity contribution in [2.75, 3.05) is 19.0 Å². The predicted octanol–water partition coefficient (Wildman–Crippen LogP) is 3.00. The molecule has 0 bridgehead atoms. The number of nitrogens with one attached hydrogen (secondary N) is 1. The highest BCUT2D eigenvalue weighted by molar-refractivity contribution is 5.91. The zero-order valence-corrected chi connectivity index (χ0v) is 14.1. The molecule has 0 saturated heterocycles. The minimum Gasteiger partial charge on any atom is -0.488 e. The summed E-state index contributed by atoms with van der Waals surface area (Å²) in [5.74, 6) is 2.20. The molecular weight excluding hydrogens is 306 g/mol. The molecule has 0 saturated carbocycles. The van der Waals surface area contributed by atoms with Crippen molar-refractivity contribution in [2.45, 2.75) is 26.5 Å². The van der Waals surface area contributed by atoms with Crippen LogP contribution < -0.4 is 10.1 Å². The van der Waals surface area contributed by atoms with Gasteiger partial charge in [-0.3, -0.25) is 4.68 Å². The lowest BCUT2D eigenvalue weighted by Gasteiger charge is -2.14. The van der Waals surface area contributed by atoms with E-state index in [1.165, 1.54) is 6.33 Å². The van der Waals surface area contributed by atoms with Crippen LogP contribution in [0.25, 0.3) is 10.9 Å². The first-order valence-corrected chi connectivity index (χ1v) is 7.90. The van der Waals surface area contributed by atoms with Crippen LogP contribution in [-0.2, 0) is 11.3 Å². The van der Waals surface area contributed by atoms with Gasteiger partial charge >= 0.3 is 0 Å². The number of ether oxygens (including phenoxy) is 2. The number of benzene rings is 1. The van der Waals surface area contributed by atoms with Crippen molar-refractivity contribution in [3.05, 3.63) is 36.8 Å². The van der Waals surface area contributed by atoms with Crippen molar-refractivity contribution in [3.8, 4) is 5.75 Å². The summed E-state index contributed by atoms with van der Waals surface area (Å²) in [5, 5.41) is 8.55. The van der Waals surface area contributed by atoms with E-state index < -0.39 is 0 Å². The number of hydrogen-bond acceptors (Lipinski definition) is 6. The van der Waals surface area contributed by atoms with Crippen LogP contribution in [0.15, 0.2) is 36.8 Å². The fourth-order valence-electron chi connectivity index (χ4n) is 2.44. The number of aryl methyl sites for hydroxylation is 1. The van der Waals surface area contributed by atoms with Crippen LogP contribution in [0.4, 0.5) is 11.6 Å². The summed E-state index contributed by atoms with van der Waals surface area (Å²) in [6, 6.07) is 7.66. The second-order valence-corrected chi connectivity index (χ2v) is 5.47. The maximum atomic E-state index is 5.86. The van der Waals surface area contributed by atoms with Gasteiger partial charge in [0.15, 0.2) is 5.82 Å². The number of fused-ring (bicyclic) bond motifs is 1. The molecule has 0 amide bonds. The van der Waals surface area contributed by atoms with Gasteiger partial charge in [-0.15, -0.1) is 0 Å². The molecule has 0 unspecified atom stereocenters. The van der Waals surface area contributed by atoms with Crippen molar-refractivity contribution in [1.29, 1.82) is 0 Å². The maximum absolute atomic E-state index is 5.86. The van der Waals surface area contributed by atoms with Gasteiger partial charge in [-0.1, -0.05) is 0 Å².